The Balaban J connectivity index is 2.11. The number of benzene rings is 2. The average Bonchev–Trinajstić information content (AvgIpc) is 2.55. The minimum Gasteiger partial charge on any atom is -0.506 e. The molecular weight excluding hydrogens is 312 g/mol. The monoisotopic (exact) mass is 330 g/mol. The van der Waals surface area contributed by atoms with E-state index < -0.39 is 24.0 Å². The summed E-state index contributed by atoms with van der Waals surface area (Å²) in [6.07, 6.45) is -1.19. The van der Waals surface area contributed by atoms with Gasteiger partial charge in [-0.3, -0.25) is 10.1 Å². The second-order valence-electron chi connectivity index (χ2n) is 5.08. The van der Waals surface area contributed by atoms with Crippen molar-refractivity contribution in [2.45, 2.75) is 20.0 Å². The summed E-state index contributed by atoms with van der Waals surface area (Å²) in [6.45, 7) is 3.40. The number of fused-ring (bicyclic) bond motifs is 1. The van der Waals surface area contributed by atoms with Crippen LogP contribution in [0.3, 0.4) is 0 Å². The number of phenolic OH excluding ortho intramolecular Hbond substituents is 1. The molecule has 7 heteroatoms. The first kappa shape index (κ1) is 17.3. The molecule has 2 aromatic rings. The smallest absolute Gasteiger partial charge is 0.342 e. The lowest BCUT2D eigenvalue weighted by molar-refractivity contribution is -0.127. The number of rotatable bonds is 4. The van der Waals surface area contributed by atoms with Gasteiger partial charge in [-0.2, -0.15) is 0 Å². The number of nitrogens with one attached hydrogen (secondary N) is 2. The van der Waals surface area contributed by atoms with Crippen molar-refractivity contribution in [2.75, 3.05) is 6.54 Å². The zero-order valence-electron chi connectivity index (χ0n) is 13.3. The summed E-state index contributed by atoms with van der Waals surface area (Å²) in [7, 11) is 0. The number of carbonyl (C=O) groups excluding carboxylic acids is 3. The highest BCUT2D eigenvalue weighted by Crippen LogP contribution is 2.29. The molecule has 0 aliphatic heterocycles. The molecule has 1 atom stereocenters. The summed E-state index contributed by atoms with van der Waals surface area (Å²) in [5.74, 6) is -1.82. The summed E-state index contributed by atoms with van der Waals surface area (Å²) in [4.78, 5) is 35.2. The molecule has 3 amide bonds. The highest BCUT2D eigenvalue weighted by Gasteiger charge is 2.22. The second kappa shape index (κ2) is 7.45. The SMILES string of the molecule is CCNC(=O)NC(=O)[C@@H](C)OC(=O)c1ccc2ccccc2c1O. The first-order valence-corrected chi connectivity index (χ1v) is 7.44. The molecule has 0 heterocycles. The number of amides is 3. The van der Waals surface area contributed by atoms with Crippen molar-refractivity contribution in [2.24, 2.45) is 0 Å². The van der Waals surface area contributed by atoms with Gasteiger partial charge in [0.25, 0.3) is 5.91 Å². The van der Waals surface area contributed by atoms with Gasteiger partial charge in [0.1, 0.15) is 11.3 Å². The normalized spacial score (nSPS) is 11.6. The van der Waals surface area contributed by atoms with Crippen molar-refractivity contribution in [1.29, 1.82) is 0 Å². The number of ether oxygens (including phenoxy) is 1. The molecule has 126 valence electrons. The van der Waals surface area contributed by atoms with E-state index in [1.807, 2.05) is 6.07 Å². The van der Waals surface area contributed by atoms with Crippen molar-refractivity contribution in [3.8, 4) is 5.75 Å². The standard InChI is InChI=1S/C17H18N2O5/c1-3-18-17(23)19-15(21)10(2)24-16(22)13-9-8-11-6-4-5-7-12(11)14(13)20/h4-10,20H,3H2,1-2H3,(H2,18,19,21,23)/t10-/m1/s1. The molecule has 7 nitrogen and oxygen atoms in total. The lowest BCUT2D eigenvalue weighted by Gasteiger charge is -2.14. The van der Waals surface area contributed by atoms with Gasteiger partial charge in [0.15, 0.2) is 6.10 Å². The number of urea groups is 1. The van der Waals surface area contributed by atoms with Gasteiger partial charge in [-0.25, -0.2) is 9.59 Å². The summed E-state index contributed by atoms with van der Waals surface area (Å²) in [5, 5.41) is 15.9. The molecular formula is C17H18N2O5. The van der Waals surface area contributed by atoms with E-state index in [9.17, 15) is 19.5 Å². The summed E-state index contributed by atoms with van der Waals surface area (Å²) >= 11 is 0. The third-order valence-electron chi connectivity index (χ3n) is 3.35. The predicted molar refractivity (Wildman–Crippen MR) is 87.7 cm³/mol. The predicted octanol–water partition coefficient (Wildman–Crippen LogP) is 1.94. The largest absolute Gasteiger partial charge is 0.506 e. The quantitative estimate of drug-likeness (QED) is 0.743. The maximum atomic E-state index is 12.2. The van der Waals surface area contributed by atoms with Crippen LogP contribution in [0.5, 0.6) is 5.75 Å². The van der Waals surface area contributed by atoms with Gasteiger partial charge < -0.3 is 15.2 Å². The van der Waals surface area contributed by atoms with E-state index in [0.717, 1.165) is 5.39 Å². The topological polar surface area (TPSA) is 105 Å². The fourth-order valence-electron chi connectivity index (χ4n) is 2.12. The fourth-order valence-corrected chi connectivity index (χ4v) is 2.12. The molecule has 2 aromatic carbocycles. The van der Waals surface area contributed by atoms with Gasteiger partial charge in [0, 0.05) is 11.9 Å². The third-order valence-corrected chi connectivity index (χ3v) is 3.35. The molecule has 0 saturated heterocycles. The Morgan fingerprint density at radius 2 is 1.88 bits per heavy atom. The summed E-state index contributed by atoms with van der Waals surface area (Å²) in [5.41, 5.74) is -0.0497. The number of carbonyl (C=O) groups is 3. The third kappa shape index (κ3) is 3.81. The number of phenols is 1. The van der Waals surface area contributed by atoms with Gasteiger partial charge in [0.05, 0.1) is 0 Å². The van der Waals surface area contributed by atoms with Gasteiger partial charge in [-0.1, -0.05) is 30.3 Å². The van der Waals surface area contributed by atoms with Crippen molar-refractivity contribution in [3.05, 3.63) is 42.0 Å². The molecule has 0 radical (unpaired) electrons. The van der Waals surface area contributed by atoms with E-state index in [0.29, 0.717) is 11.9 Å². The molecule has 2 rings (SSSR count). The lowest BCUT2D eigenvalue weighted by Crippen LogP contribution is -2.44. The molecule has 0 aromatic heterocycles. The number of hydrogen-bond acceptors (Lipinski definition) is 5. The highest BCUT2D eigenvalue weighted by atomic mass is 16.5. The fraction of sp³-hybridized carbons (Fsp3) is 0.235. The number of aromatic hydroxyl groups is 1. The van der Waals surface area contributed by atoms with Crippen molar-refractivity contribution < 1.29 is 24.2 Å². The Morgan fingerprint density at radius 3 is 2.58 bits per heavy atom. The zero-order valence-corrected chi connectivity index (χ0v) is 13.3. The molecule has 0 aliphatic rings. The van der Waals surface area contributed by atoms with Gasteiger partial charge in [0.2, 0.25) is 0 Å². The van der Waals surface area contributed by atoms with E-state index >= 15 is 0 Å². The van der Waals surface area contributed by atoms with E-state index in [-0.39, 0.29) is 11.3 Å². The van der Waals surface area contributed by atoms with Gasteiger partial charge in [-0.05, 0) is 25.3 Å². The first-order valence-electron chi connectivity index (χ1n) is 7.44. The Kier molecular flexibility index (Phi) is 5.36. The van der Waals surface area contributed by atoms with Crippen molar-refractivity contribution >= 4 is 28.7 Å². The van der Waals surface area contributed by atoms with Crippen LogP contribution in [-0.4, -0.2) is 35.7 Å². The Morgan fingerprint density at radius 1 is 1.17 bits per heavy atom. The Bertz CT molecular complexity index is 788. The van der Waals surface area contributed by atoms with Crippen LogP contribution in [0.2, 0.25) is 0 Å². The molecule has 0 bridgehead atoms. The zero-order chi connectivity index (χ0) is 17.7. The molecule has 3 N–H and O–H groups in total. The van der Waals surface area contributed by atoms with Crippen LogP contribution < -0.4 is 10.6 Å². The lowest BCUT2D eigenvalue weighted by atomic mass is 10.1. The molecule has 24 heavy (non-hydrogen) atoms. The molecule has 0 aliphatic carbocycles. The molecule has 0 unspecified atom stereocenters. The van der Waals surface area contributed by atoms with Crippen LogP contribution in [0.25, 0.3) is 10.8 Å². The minimum absolute atomic E-state index is 0.0497. The molecule has 0 saturated carbocycles. The van der Waals surface area contributed by atoms with Crippen LogP contribution >= 0.6 is 0 Å². The van der Waals surface area contributed by atoms with E-state index in [4.69, 9.17) is 4.74 Å². The van der Waals surface area contributed by atoms with Gasteiger partial charge >= 0.3 is 12.0 Å². The van der Waals surface area contributed by atoms with Crippen LogP contribution in [0.15, 0.2) is 36.4 Å². The van der Waals surface area contributed by atoms with Crippen LogP contribution in [0, 0.1) is 0 Å². The molecule has 0 fully saturated rings. The summed E-state index contributed by atoms with van der Waals surface area (Å²) < 4.78 is 5.02. The average molecular weight is 330 g/mol. The maximum absolute atomic E-state index is 12.2. The maximum Gasteiger partial charge on any atom is 0.342 e. The van der Waals surface area contributed by atoms with Crippen molar-refractivity contribution in [3.63, 3.8) is 0 Å². The highest BCUT2D eigenvalue weighted by molar-refractivity contribution is 6.02. The number of imide groups is 1. The number of hydrogen-bond donors (Lipinski definition) is 3. The van der Waals surface area contributed by atoms with Crippen molar-refractivity contribution in [1.82, 2.24) is 10.6 Å². The van der Waals surface area contributed by atoms with E-state index in [1.165, 1.54) is 13.0 Å². The molecule has 0 spiro atoms. The minimum atomic E-state index is -1.19. The van der Waals surface area contributed by atoms with Crippen LogP contribution in [0.4, 0.5) is 4.79 Å². The second-order valence-corrected chi connectivity index (χ2v) is 5.08. The first-order chi connectivity index (χ1) is 11.4. The number of esters is 1. The Hall–Kier alpha value is -3.09. The Labute approximate surface area is 138 Å². The van der Waals surface area contributed by atoms with Crippen LogP contribution in [-0.2, 0) is 9.53 Å². The summed E-state index contributed by atoms with van der Waals surface area (Å²) in [6, 6.07) is 9.45. The van der Waals surface area contributed by atoms with Gasteiger partial charge in [-0.15, -0.1) is 0 Å². The van der Waals surface area contributed by atoms with E-state index in [1.54, 1.807) is 31.2 Å². The van der Waals surface area contributed by atoms with E-state index in [2.05, 4.69) is 10.6 Å². The van der Waals surface area contributed by atoms with Crippen LogP contribution in [0.1, 0.15) is 24.2 Å².